The third-order valence-electron chi connectivity index (χ3n) is 3.75. The van der Waals surface area contributed by atoms with Gasteiger partial charge in [0.15, 0.2) is 0 Å². The van der Waals surface area contributed by atoms with E-state index in [1.807, 2.05) is 0 Å². The van der Waals surface area contributed by atoms with Crippen molar-refractivity contribution in [2.45, 2.75) is 52.6 Å². The molecule has 1 saturated carbocycles. The minimum Gasteiger partial charge on any atom is -0.462 e. The first-order valence-corrected chi connectivity index (χ1v) is 7.96. The Hall–Kier alpha value is -1.03. The van der Waals surface area contributed by atoms with Crippen molar-refractivity contribution in [3.63, 3.8) is 0 Å². The van der Waals surface area contributed by atoms with E-state index in [0.717, 1.165) is 19.3 Å². The third kappa shape index (κ3) is 6.51. The van der Waals surface area contributed by atoms with E-state index in [0.29, 0.717) is 18.0 Å². The Kier molecular flexibility index (Phi) is 6.72. The van der Waals surface area contributed by atoms with Gasteiger partial charge in [0.2, 0.25) is 5.91 Å². The Labute approximate surface area is 132 Å². The lowest BCUT2D eigenvalue weighted by molar-refractivity contribution is -0.153. The quantitative estimate of drug-likeness (QED) is 0.465. The fourth-order valence-electron chi connectivity index (χ4n) is 2.97. The summed E-state index contributed by atoms with van der Waals surface area (Å²) in [4.78, 5) is 23.2. The van der Waals surface area contributed by atoms with Crippen LogP contribution in [0.15, 0.2) is 12.2 Å². The Morgan fingerprint density at radius 3 is 2.62 bits per heavy atom. The Morgan fingerprint density at radius 1 is 1.38 bits per heavy atom. The molecule has 0 aromatic heterocycles. The molecule has 0 aliphatic heterocycles. The van der Waals surface area contributed by atoms with Gasteiger partial charge in [-0.3, -0.25) is 9.59 Å². The van der Waals surface area contributed by atoms with Crippen LogP contribution in [0.4, 0.5) is 0 Å². The highest BCUT2D eigenvalue weighted by atomic mass is 35.5. The molecule has 1 N–H and O–H groups in total. The van der Waals surface area contributed by atoms with E-state index in [1.165, 1.54) is 0 Å². The van der Waals surface area contributed by atoms with E-state index < -0.39 is 0 Å². The molecule has 1 rings (SSSR count). The lowest BCUT2D eigenvalue weighted by Gasteiger charge is -2.39. The van der Waals surface area contributed by atoms with Crippen molar-refractivity contribution in [3.8, 4) is 0 Å². The zero-order valence-corrected chi connectivity index (χ0v) is 14.0. The molecule has 1 amide bonds. The molecule has 4 nitrogen and oxygen atoms in total. The molecule has 1 fully saturated rings. The van der Waals surface area contributed by atoms with Gasteiger partial charge in [0, 0.05) is 18.0 Å². The highest BCUT2D eigenvalue weighted by molar-refractivity contribution is 6.18. The van der Waals surface area contributed by atoms with Crippen molar-refractivity contribution in [3.05, 3.63) is 12.2 Å². The standard InChI is InChI=1S/C16H26ClNO3/c1-11(2)15(20)18-10-12-7-13(9-16(3,4)8-12)21-14(19)5-6-17/h12-13H,1,5-10H2,2-4H3,(H,18,20). The second kappa shape index (κ2) is 7.83. The van der Waals surface area contributed by atoms with Crippen molar-refractivity contribution >= 4 is 23.5 Å². The van der Waals surface area contributed by atoms with E-state index in [4.69, 9.17) is 16.3 Å². The van der Waals surface area contributed by atoms with Crippen molar-refractivity contribution in [2.75, 3.05) is 12.4 Å². The van der Waals surface area contributed by atoms with E-state index >= 15 is 0 Å². The van der Waals surface area contributed by atoms with E-state index in [2.05, 4.69) is 25.7 Å². The van der Waals surface area contributed by atoms with Crippen LogP contribution < -0.4 is 5.32 Å². The fraction of sp³-hybridized carbons (Fsp3) is 0.750. The summed E-state index contributed by atoms with van der Waals surface area (Å²) in [6, 6.07) is 0. The molecule has 0 radical (unpaired) electrons. The van der Waals surface area contributed by atoms with Crippen molar-refractivity contribution < 1.29 is 14.3 Å². The van der Waals surface area contributed by atoms with Gasteiger partial charge in [-0.2, -0.15) is 0 Å². The summed E-state index contributed by atoms with van der Waals surface area (Å²) >= 11 is 5.56. The minimum absolute atomic E-state index is 0.0869. The zero-order chi connectivity index (χ0) is 16.0. The first-order chi connectivity index (χ1) is 9.73. The van der Waals surface area contributed by atoms with Gasteiger partial charge < -0.3 is 10.1 Å². The van der Waals surface area contributed by atoms with Gasteiger partial charge in [-0.15, -0.1) is 11.6 Å². The predicted molar refractivity (Wildman–Crippen MR) is 84.2 cm³/mol. The number of nitrogens with one attached hydrogen (secondary N) is 1. The summed E-state index contributed by atoms with van der Waals surface area (Å²) in [5.41, 5.74) is 0.609. The summed E-state index contributed by atoms with van der Waals surface area (Å²) in [7, 11) is 0. The lowest BCUT2D eigenvalue weighted by Crippen LogP contribution is -2.40. The molecule has 0 saturated heterocycles. The molecule has 2 atom stereocenters. The Bertz CT molecular complexity index is 406. The van der Waals surface area contributed by atoms with E-state index in [1.54, 1.807) is 6.92 Å². The maximum Gasteiger partial charge on any atom is 0.307 e. The smallest absolute Gasteiger partial charge is 0.307 e. The fourth-order valence-corrected chi connectivity index (χ4v) is 3.13. The molecular weight excluding hydrogens is 290 g/mol. The maximum atomic E-state index is 11.6. The average molecular weight is 316 g/mol. The molecule has 0 aromatic rings. The molecule has 0 heterocycles. The van der Waals surface area contributed by atoms with Crippen molar-refractivity contribution in [1.29, 1.82) is 0 Å². The minimum atomic E-state index is -0.238. The number of amides is 1. The van der Waals surface area contributed by atoms with Crippen LogP contribution in [-0.2, 0) is 14.3 Å². The summed E-state index contributed by atoms with van der Waals surface area (Å²) < 4.78 is 5.50. The van der Waals surface area contributed by atoms with Crippen LogP contribution in [0.2, 0.25) is 0 Å². The second-order valence-corrected chi connectivity index (χ2v) is 7.09. The largest absolute Gasteiger partial charge is 0.462 e. The van der Waals surface area contributed by atoms with Crippen LogP contribution >= 0.6 is 11.6 Å². The number of ether oxygens (including phenoxy) is 1. The van der Waals surface area contributed by atoms with Crippen LogP contribution in [0.25, 0.3) is 0 Å². The van der Waals surface area contributed by atoms with Crippen LogP contribution in [0.5, 0.6) is 0 Å². The van der Waals surface area contributed by atoms with Crippen LogP contribution in [-0.4, -0.2) is 30.4 Å². The number of alkyl halides is 1. The molecule has 5 heteroatoms. The number of halogens is 1. The predicted octanol–water partition coefficient (Wildman–Crippen LogP) is 3.05. The first kappa shape index (κ1) is 18.0. The second-order valence-electron chi connectivity index (χ2n) is 6.72. The Balaban J connectivity index is 2.55. The number of hydrogen-bond acceptors (Lipinski definition) is 3. The Morgan fingerprint density at radius 2 is 2.05 bits per heavy atom. The van der Waals surface area contributed by atoms with Crippen LogP contribution in [0, 0.1) is 11.3 Å². The maximum absolute atomic E-state index is 11.6. The molecule has 120 valence electrons. The summed E-state index contributed by atoms with van der Waals surface area (Å²) in [6.07, 6.45) is 2.80. The molecule has 0 bridgehead atoms. The number of carbonyl (C=O) groups excluding carboxylic acids is 2. The average Bonchev–Trinajstić information content (AvgIpc) is 2.33. The van der Waals surface area contributed by atoms with Crippen LogP contribution in [0.3, 0.4) is 0 Å². The SMILES string of the molecule is C=C(C)C(=O)NCC1CC(OC(=O)CCCl)CC(C)(C)C1. The van der Waals surface area contributed by atoms with Gasteiger partial charge in [0.25, 0.3) is 0 Å². The summed E-state index contributed by atoms with van der Waals surface area (Å²) in [5.74, 6) is 0.241. The molecule has 2 unspecified atom stereocenters. The van der Waals surface area contributed by atoms with Crippen LogP contribution in [0.1, 0.15) is 46.5 Å². The molecular formula is C16H26ClNO3. The highest BCUT2D eigenvalue weighted by Gasteiger charge is 2.35. The first-order valence-electron chi connectivity index (χ1n) is 7.42. The molecule has 21 heavy (non-hydrogen) atoms. The van der Waals surface area contributed by atoms with Gasteiger partial charge in [-0.25, -0.2) is 0 Å². The molecule has 1 aliphatic carbocycles. The monoisotopic (exact) mass is 315 g/mol. The molecule has 0 aromatic carbocycles. The highest BCUT2D eigenvalue weighted by Crippen LogP contribution is 2.39. The van der Waals surface area contributed by atoms with E-state index in [9.17, 15) is 9.59 Å². The summed E-state index contributed by atoms with van der Waals surface area (Å²) in [6.45, 7) is 10.3. The topological polar surface area (TPSA) is 55.4 Å². The van der Waals surface area contributed by atoms with Crippen molar-refractivity contribution in [1.82, 2.24) is 5.32 Å². The number of esters is 1. The normalized spacial score (nSPS) is 24.2. The molecule has 0 spiro atoms. The molecule has 1 aliphatic rings. The summed E-state index contributed by atoms with van der Waals surface area (Å²) in [5, 5.41) is 2.89. The van der Waals surface area contributed by atoms with Gasteiger partial charge in [0.1, 0.15) is 6.10 Å². The third-order valence-corrected chi connectivity index (χ3v) is 3.94. The van der Waals surface area contributed by atoms with E-state index in [-0.39, 0.29) is 35.7 Å². The zero-order valence-electron chi connectivity index (χ0n) is 13.2. The van der Waals surface area contributed by atoms with Gasteiger partial charge in [0.05, 0.1) is 6.42 Å². The van der Waals surface area contributed by atoms with Gasteiger partial charge in [-0.05, 0) is 37.5 Å². The van der Waals surface area contributed by atoms with Gasteiger partial charge in [-0.1, -0.05) is 20.4 Å². The number of hydrogen-bond donors (Lipinski definition) is 1. The lowest BCUT2D eigenvalue weighted by atomic mass is 9.71. The van der Waals surface area contributed by atoms with Gasteiger partial charge >= 0.3 is 5.97 Å². The number of carbonyl (C=O) groups is 2. The van der Waals surface area contributed by atoms with Crippen molar-refractivity contribution in [2.24, 2.45) is 11.3 Å². The number of rotatable bonds is 6.